The molecule has 0 amide bonds. The van der Waals surface area contributed by atoms with Crippen LogP contribution in [0.4, 0.5) is 5.82 Å². The summed E-state index contributed by atoms with van der Waals surface area (Å²) in [6.07, 6.45) is 2.24. The molecule has 2 atom stereocenters. The maximum Gasteiger partial charge on any atom is 0.284 e. The number of ether oxygens (including phenoxy) is 1. The first-order valence-corrected chi connectivity index (χ1v) is 6.59. The van der Waals surface area contributed by atoms with Crippen molar-refractivity contribution < 1.29 is 13.9 Å². The van der Waals surface area contributed by atoms with Crippen molar-refractivity contribution in [3.05, 3.63) is 5.82 Å². The highest BCUT2D eigenvalue weighted by molar-refractivity contribution is 5.60. The summed E-state index contributed by atoms with van der Waals surface area (Å²) < 4.78 is 15.5. The van der Waals surface area contributed by atoms with Crippen LogP contribution in [0.15, 0.2) is 9.15 Å². The molecule has 0 aromatic carbocycles. The molecule has 4 heterocycles. The van der Waals surface area contributed by atoms with Gasteiger partial charge in [-0.25, -0.2) is 4.63 Å². The average Bonchev–Trinajstić information content (AvgIpc) is 3.17. The van der Waals surface area contributed by atoms with Crippen LogP contribution in [-0.2, 0) is 4.74 Å². The third kappa shape index (κ3) is 1.86. The van der Waals surface area contributed by atoms with E-state index in [2.05, 4.69) is 30.0 Å². The number of hydrogen-bond donors (Lipinski definition) is 1. The minimum Gasteiger partial charge on any atom is -0.379 e. The summed E-state index contributed by atoms with van der Waals surface area (Å²) in [4.78, 5) is 6.69. The number of anilines is 1. The van der Waals surface area contributed by atoms with E-state index in [1.165, 1.54) is 12.8 Å². The molecule has 2 saturated heterocycles. The molecule has 106 valence electrons. The number of fused-ring (bicyclic) bond motifs is 1. The molecule has 9 heteroatoms. The molecule has 2 unspecified atom stereocenters. The van der Waals surface area contributed by atoms with Gasteiger partial charge in [0.2, 0.25) is 17.3 Å². The lowest BCUT2D eigenvalue weighted by Gasteiger charge is -2.33. The van der Waals surface area contributed by atoms with E-state index in [1.807, 2.05) is 0 Å². The van der Waals surface area contributed by atoms with E-state index < -0.39 is 0 Å². The molecule has 2 aromatic heterocycles. The Morgan fingerprint density at radius 2 is 2.20 bits per heavy atom. The van der Waals surface area contributed by atoms with E-state index in [0.29, 0.717) is 18.5 Å². The summed E-state index contributed by atoms with van der Waals surface area (Å²) >= 11 is 0. The third-order valence-corrected chi connectivity index (χ3v) is 3.84. The number of nitrogen functional groups attached to an aromatic ring is 1. The van der Waals surface area contributed by atoms with Gasteiger partial charge in [0.1, 0.15) is 6.10 Å². The van der Waals surface area contributed by atoms with Gasteiger partial charge in [0.25, 0.3) is 5.89 Å². The quantitative estimate of drug-likeness (QED) is 0.824. The summed E-state index contributed by atoms with van der Waals surface area (Å²) in [5, 5.41) is 11.1. The molecule has 2 aromatic rings. The van der Waals surface area contributed by atoms with Crippen LogP contribution in [0.2, 0.25) is 0 Å². The van der Waals surface area contributed by atoms with Gasteiger partial charge in [0, 0.05) is 12.6 Å². The number of hydrogen-bond acceptors (Lipinski definition) is 9. The Morgan fingerprint density at radius 1 is 1.25 bits per heavy atom. The molecular formula is C11H14N6O3. The predicted molar refractivity (Wildman–Crippen MR) is 65.3 cm³/mol. The van der Waals surface area contributed by atoms with Crippen molar-refractivity contribution in [2.24, 2.45) is 0 Å². The van der Waals surface area contributed by atoms with E-state index in [-0.39, 0.29) is 23.5 Å². The molecule has 20 heavy (non-hydrogen) atoms. The van der Waals surface area contributed by atoms with Gasteiger partial charge in [-0.05, 0) is 29.7 Å². The smallest absolute Gasteiger partial charge is 0.284 e. The molecule has 0 radical (unpaired) electrons. The lowest BCUT2D eigenvalue weighted by Crippen LogP contribution is -2.42. The van der Waals surface area contributed by atoms with Crippen LogP contribution in [-0.4, -0.2) is 51.1 Å². The van der Waals surface area contributed by atoms with Crippen LogP contribution < -0.4 is 5.73 Å². The number of nitrogens with two attached hydrogens (primary N) is 1. The van der Waals surface area contributed by atoms with E-state index >= 15 is 0 Å². The average molecular weight is 278 g/mol. The van der Waals surface area contributed by atoms with Crippen LogP contribution in [0.3, 0.4) is 0 Å². The summed E-state index contributed by atoms with van der Waals surface area (Å²) in [5.41, 5.74) is 5.86. The molecular weight excluding hydrogens is 264 g/mol. The minimum atomic E-state index is -0.178. The Labute approximate surface area is 114 Å². The number of morpholine rings is 1. The first-order valence-electron chi connectivity index (χ1n) is 6.59. The van der Waals surface area contributed by atoms with E-state index in [1.54, 1.807) is 0 Å². The topological polar surface area (TPSA) is 116 Å². The molecule has 2 aliphatic heterocycles. The Hall–Kier alpha value is -2.00. The van der Waals surface area contributed by atoms with Gasteiger partial charge < -0.3 is 15.0 Å². The van der Waals surface area contributed by atoms with Crippen molar-refractivity contribution in [3.8, 4) is 11.6 Å². The van der Waals surface area contributed by atoms with Gasteiger partial charge in [-0.15, -0.1) is 0 Å². The third-order valence-electron chi connectivity index (χ3n) is 3.84. The zero-order valence-electron chi connectivity index (χ0n) is 10.7. The maximum absolute atomic E-state index is 5.82. The first-order chi connectivity index (χ1) is 9.81. The second kappa shape index (κ2) is 4.53. The van der Waals surface area contributed by atoms with Crippen molar-refractivity contribution >= 4 is 5.82 Å². The first kappa shape index (κ1) is 11.8. The SMILES string of the molecule is Nc1nonc1-c1nc(C2CN3CCCC3CO2)no1. The van der Waals surface area contributed by atoms with Gasteiger partial charge >= 0.3 is 0 Å². The van der Waals surface area contributed by atoms with E-state index in [4.69, 9.17) is 15.0 Å². The summed E-state index contributed by atoms with van der Waals surface area (Å²) in [7, 11) is 0. The Bertz CT molecular complexity index is 611. The highest BCUT2D eigenvalue weighted by Gasteiger charge is 2.35. The highest BCUT2D eigenvalue weighted by atomic mass is 16.6. The molecule has 0 bridgehead atoms. The van der Waals surface area contributed by atoms with E-state index in [0.717, 1.165) is 13.1 Å². The Morgan fingerprint density at radius 3 is 3.05 bits per heavy atom. The largest absolute Gasteiger partial charge is 0.379 e. The summed E-state index contributed by atoms with van der Waals surface area (Å²) in [6, 6.07) is 0.535. The Balaban J connectivity index is 1.55. The molecule has 4 rings (SSSR count). The van der Waals surface area contributed by atoms with Crippen molar-refractivity contribution in [2.45, 2.75) is 25.0 Å². The Kier molecular flexibility index (Phi) is 2.67. The second-order valence-electron chi connectivity index (χ2n) is 5.07. The standard InChI is InChI=1S/C11H14N6O3/c12-9-8(14-20-15-9)11-13-10(16-19-11)7-4-17-3-1-2-6(17)5-18-7/h6-7H,1-5H2,(H2,12,15). The van der Waals surface area contributed by atoms with Gasteiger partial charge in [-0.1, -0.05) is 5.16 Å². The fraction of sp³-hybridized carbons (Fsp3) is 0.636. The number of rotatable bonds is 2. The molecule has 2 fully saturated rings. The van der Waals surface area contributed by atoms with Gasteiger partial charge in [-0.2, -0.15) is 4.98 Å². The predicted octanol–water partition coefficient (Wildman–Crippen LogP) is 0.237. The monoisotopic (exact) mass is 278 g/mol. The zero-order chi connectivity index (χ0) is 13.5. The fourth-order valence-electron chi connectivity index (χ4n) is 2.78. The molecule has 0 aliphatic carbocycles. The molecule has 2 aliphatic rings. The van der Waals surface area contributed by atoms with Crippen molar-refractivity contribution in [3.63, 3.8) is 0 Å². The lowest BCUT2D eigenvalue weighted by molar-refractivity contribution is -0.0548. The minimum absolute atomic E-state index is 0.129. The fourth-order valence-corrected chi connectivity index (χ4v) is 2.78. The van der Waals surface area contributed by atoms with Crippen LogP contribution >= 0.6 is 0 Å². The van der Waals surface area contributed by atoms with Crippen molar-refractivity contribution in [1.82, 2.24) is 25.4 Å². The van der Waals surface area contributed by atoms with E-state index in [9.17, 15) is 0 Å². The van der Waals surface area contributed by atoms with Crippen molar-refractivity contribution in [2.75, 3.05) is 25.4 Å². The highest BCUT2D eigenvalue weighted by Crippen LogP contribution is 2.30. The van der Waals surface area contributed by atoms with Crippen molar-refractivity contribution in [1.29, 1.82) is 0 Å². The van der Waals surface area contributed by atoms with Crippen LogP contribution in [0.1, 0.15) is 24.8 Å². The number of aromatic nitrogens is 4. The van der Waals surface area contributed by atoms with Gasteiger partial charge in [0.15, 0.2) is 0 Å². The van der Waals surface area contributed by atoms with Gasteiger partial charge in [0.05, 0.1) is 6.61 Å². The summed E-state index contributed by atoms with van der Waals surface area (Å²) in [6.45, 7) is 2.60. The lowest BCUT2D eigenvalue weighted by atomic mass is 10.2. The molecule has 9 nitrogen and oxygen atoms in total. The summed E-state index contributed by atoms with van der Waals surface area (Å²) in [5.74, 6) is 0.836. The molecule has 0 saturated carbocycles. The number of nitrogens with zero attached hydrogens (tertiary/aromatic N) is 5. The van der Waals surface area contributed by atoms with Crippen LogP contribution in [0.25, 0.3) is 11.6 Å². The molecule has 0 spiro atoms. The molecule has 2 N–H and O–H groups in total. The van der Waals surface area contributed by atoms with Crippen LogP contribution in [0.5, 0.6) is 0 Å². The zero-order valence-corrected chi connectivity index (χ0v) is 10.7. The second-order valence-corrected chi connectivity index (χ2v) is 5.07. The normalized spacial score (nSPS) is 26.8. The van der Waals surface area contributed by atoms with Gasteiger partial charge in [-0.3, -0.25) is 4.90 Å². The maximum atomic E-state index is 5.82. The van der Waals surface area contributed by atoms with Crippen LogP contribution in [0, 0.1) is 0 Å².